The minimum absolute atomic E-state index is 0.0245. The van der Waals surface area contributed by atoms with Gasteiger partial charge in [-0.15, -0.1) is 5.10 Å². The van der Waals surface area contributed by atoms with Crippen molar-refractivity contribution in [2.24, 2.45) is 0 Å². The number of carbonyl (C=O) groups excluding carboxylic acids is 1. The average molecular weight is 438 g/mol. The molecule has 3 aromatic heterocycles. The summed E-state index contributed by atoms with van der Waals surface area (Å²) in [6, 6.07) is 13.3. The van der Waals surface area contributed by atoms with E-state index in [-0.39, 0.29) is 11.5 Å². The van der Waals surface area contributed by atoms with Gasteiger partial charge in [-0.2, -0.15) is 4.68 Å². The molecule has 0 spiro atoms. The number of hydrogen-bond donors (Lipinski definition) is 0. The first-order valence-corrected chi connectivity index (χ1v) is 10.9. The van der Waals surface area contributed by atoms with Crippen LogP contribution in [-0.4, -0.2) is 42.9 Å². The first-order chi connectivity index (χ1) is 15.1. The van der Waals surface area contributed by atoms with E-state index in [9.17, 15) is 4.79 Å². The quantitative estimate of drug-likeness (QED) is 0.288. The number of thioether (sulfide) groups is 1. The highest BCUT2D eigenvalue weighted by Gasteiger charge is 2.19. The largest absolute Gasteiger partial charge is 0.492 e. The highest BCUT2D eigenvalue weighted by atomic mass is 32.2. The highest BCUT2D eigenvalue weighted by Crippen LogP contribution is 2.27. The van der Waals surface area contributed by atoms with Gasteiger partial charge in [0.2, 0.25) is 5.16 Å². The van der Waals surface area contributed by atoms with Crippen LogP contribution in [0.3, 0.4) is 0 Å². The van der Waals surface area contributed by atoms with Crippen LogP contribution in [0.1, 0.15) is 34.4 Å². The van der Waals surface area contributed by atoms with Gasteiger partial charge in [0, 0.05) is 17.0 Å². The average Bonchev–Trinajstić information content (AvgIpc) is 3.51. The fourth-order valence-corrected chi connectivity index (χ4v) is 4.19. The standard InChI is InChI=1S/C22H23N5O3S/c1-4-29-21-10-6-5-9-19(21)27-22(23-24-25-27)31-14-20(28)18-12-15(2)26(16(18)3)13-17-8-7-11-30-17/h5-12H,4,13-14H2,1-3H3. The molecule has 0 aliphatic rings. The molecule has 0 saturated carbocycles. The number of hydrogen-bond acceptors (Lipinski definition) is 7. The van der Waals surface area contributed by atoms with E-state index in [2.05, 4.69) is 20.1 Å². The predicted molar refractivity (Wildman–Crippen MR) is 117 cm³/mol. The van der Waals surface area contributed by atoms with E-state index in [4.69, 9.17) is 9.15 Å². The first kappa shape index (κ1) is 20.9. The van der Waals surface area contributed by atoms with Gasteiger partial charge in [-0.3, -0.25) is 4.79 Å². The number of Topliss-reactive ketones (excluding diaryl/α,β-unsaturated/α-hetero) is 1. The number of furan rings is 1. The van der Waals surface area contributed by atoms with Crippen molar-refractivity contribution in [1.82, 2.24) is 24.8 Å². The Morgan fingerprint density at radius 2 is 2.03 bits per heavy atom. The van der Waals surface area contributed by atoms with Gasteiger partial charge in [0.1, 0.15) is 17.2 Å². The summed E-state index contributed by atoms with van der Waals surface area (Å²) >= 11 is 1.30. The van der Waals surface area contributed by atoms with Gasteiger partial charge in [-0.25, -0.2) is 0 Å². The molecule has 4 aromatic rings. The van der Waals surface area contributed by atoms with Crippen LogP contribution in [0.5, 0.6) is 5.75 Å². The lowest BCUT2D eigenvalue weighted by atomic mass is 10.2. The fraction of sp³-hybridized carbons (Fsp3) is 0.273. The van der Waals surface area contributed by atoms with Crippen molar-refractivity contribution in [1.29, 1.82) is 0 Å². The topological polar surface area (TPSA) is 88.0 Å². The third-order valence-electron chi connectivity index (χ3n) is 4.93. The number of benzene rings is 1. The third-order valence-corrected chi connectivity index (χ3v) is 5.85. The molecule has 4 rings (SSSR count). The van der Waals surface area contributed by atoms with E-state index >= 15 is 0 Å². The Morgan fingerprint density at radius 3 is 2.81 bits per heavy atom. The van der Waals surface area contributed by atoms with Crippen molar-refractivity contribution in [3.8, 4) is 11.4 Å². The van der Waals surface area contributed by atoms with Crippen LogP contribution < -0.4 is 4.74 Å². The third kappa shape index (κ3) is 4.41. The Morgan fingerprint density at radius 1 is 1.19 bits per heavy atom. The fourth-order valence-electron chi connectivity index (χ4n) is 3.42. The Labute approximate surface area is 184 Å². The summed E-state index contributed by atoms with van der Waals surface area (Å²) < 4.78 is 14.8. The SMILES string of the molecule is CCOc1ccccc1-n1nnnc1SCC(=O)c1cc(C)n(Cc2ccco2)c1C. The minimum atomic E-state index is 0.0245. The highest BCUT2D eigenvalue weighted by molar-refractivity contribution is 7.99. The van der Waals surface area contributed by atoms with Gasteiger partial charge in [-0.1, -0.05) is 23.9 Å². The summed E-state index contributed by atoms with van der Waals surface area (Å²) in [6.45, 7) is 7.00. The minimum Gasteiger partial charge on any atom is -0.492 e. The number of aromatic nitrogens is 5. The number of rotatable bonds is 9. The summed E-state index contributed by atoms with van der Waals surface area (Å²) in [5.41, 5.74) is 3.37. The zero-order valence-electron chi connectivity index (χ0n) is 17.6. The monoisotopic (exact) mass is 437 g/mol. The predicted octanol–water partition coefficient (Wildman–Crippen LogP) is 4.10. The van der Waals surface area contributed by atoms with E-state index in [0.717, 1.165) is 22.8 Å². The van der Waals surface area contributed by atoms with Gasteiger partial charge in [-0.05, 0) is 61.5 Å². The number of ether oxygens (including phenoxy) is 1. The molecule has 8 nitrogen and oxygen atoms in total. The number of nitrogens with zero attached hydrogens (tertiary/aromatic N) is 5. The van der Waals surface area contributed by atoms with Gasteiger partial charge in [0.15, 0.2) is 5.78 Å². The number of ketones is 1. The molecule has 31 heavy (non-hydrogen) atoms. The molecule has 0 radical (unpaired) electrons. The van der Waals surface area contributed by atoms with Gasteiger partial charge < -0.3 is 13.7 Å². The Bertz CT molecular complexity index is 1180. The number of tetrazole rings is 1. The first-order valence-electron chi connectivity index (χ1n) is 9.94. The summed E-state index contributed by atoms with van der Waals surface area (Å²) in [5, 5.41) is 12.5. The lowest BCUT2D eigenvalue weighted by Crippen LogP contribution is -2.08. The van der Waals surface area contributed by atoms with Crippen molar-refractivity contribution in [3.63, 3.8) is 0 Å². The van der Waals surface area contributed by atoms with Crippen LogP contribution in [0.25, 0.3) is 5.69 Å². The molecule has 0 aliphatic heterocycles. The Hall–Kier alpha value is -3.33. The molecule has 0 fully saturated rings. The molecular formula is C22H23N5O3S. The Kier molecular flexibility index (Phi) is 6.22. The smallest absolute Gasteiger partial charge is 0.214 e. The summed E-state index contributed by atoms with van der Waals surface area (Å²) in [5.74, 6) is 1.79. The molecule has 0 N–H and O–H groups in total. The second-order valence-corrected chi connectivity index (χ2v) is 7.88. The molecule has 0 unspecified atom stereocenters. The second kappa shape index (κ2) is 9.22. The second-order valence-electron chi connectivity index (χ2n) is 6.94. The molecule has 160 valence electrons. The molecule has 9 heteroatoms. The molecule has 1 aromatic carbocycles. The lowest BCUT2D eigenvalue weighted by molar-refractivity contribution is 0.102. The van der Waals surface area contributed by atoms with E-state index in [1.165, 1.54) is 11.8 Å². The number of carbonyl (C=O) groups is 1. The maximum Gasteiger partial charge on any atom is 0.214 e. The molecule has 0 bridgehead atoms. The van der Waals surface area contributed by atoms with Gasteiger partial charge >= 0.3 is 0 Å². The summed E-state index contributed by atoms with van der Waals surface area (Å²) in [7, 11) is 0. The van der Waals surface area contributed by atoms with Crippen molar-refractivity contribution in [3.05, 3.63) is 71.4 Å². The van der Waals surface area contributed by atoms with E-state index in [1.54, 1.807) is 10.9 Å². The molecule has 0 amide bonds. The number of aryl methyl sites for hydroxylation is 1. The Balaban J connectivity index is 1.50. The van der Waals surface area contributed by atoms with Crippen LogP contribution >= 0.6 is 11.8 Å². The van der Waals surface area contributed by atoms with Gasteiger partial charge in [0.05, 0.1) is 25.2 Å². The van der Waals surface area contributed by atoms with Crippen molar-refractivity contribution < 1.29 is 13.9 Å². The zero-order valence-corrected chi connectivity index (χ0v) is 18.4. The van der Waals surface area contributed by atoms with Crippen LogP contribution in [0, 0.1) is 13.8 Å². The molecule has 0 saturated heterocycles. The molecular weight excluding hydrogens is 414 g/mol. The van der Waals surface area contributed by atoms with Crippen LogP contribution in [0.2, 0.25) is 0 Å². The maximum atomic E-state index is 13.0. The zero-order chi connectivity index (χ0) is 21.8. The van der Waals surface area contributed by atoms with Gasteiger partial charge in [0.25, 0.3) is 0 Å². The maximum absolute atomic E-state index is 13.0. The molecule has 0 atom stereocenters. The van der Waals surface area contributed by atoms with E-state index in [0.29, 0.717) is 29.6 Å². The van der Waals surface area contributed by atoms with Crippen LogP contribution in [0.15, 0.2) is 58.3 Å². The van der Waals surface area contributed by atoms with E-state index < -0.39 is 0 Å². The molecule has 0 aliphatic carbocycles. The van der Waals surface area contributed by atoms with E-state index in [1.807, 2.05) is 63.2 Å². The normalized spacial score (nSPS) is 11.1. The number of para-hydroxylation sites is 2. The summed E-state index contributed by atoms with van der Waals surface area (Å²) in [6.07, 6.45) is 1.65. The van der Waals surface area contributed by atoms with Crippen molar-refractivity contribution in [2.75, 3.05) is 12.4 Å². The lowest BCUT2D eigenvalue weighted by Gasteiger charge is -2.10. The van der Waals surface area contributed by atoms with Crippen LogP contribution in [0.4, 0.5) is 0 Å². The van der Waals surface area contributed by atoms with Crippen LogP contribution in [-0.2, 0) is 6.54 Å². The van der Waals surface area contributed by atoms with Crippen molar-refractivity contribution >= 4 is 17.5 Å². The molecule has 3 heterocycles. The van der Waals surface area contributed by atoms with Crippen molar-refractivity contribution in [2.45, 2.75) is 32.5 Å². The summed E-state index contributed by atoms with van der Waals surface area (Å²) in [4.78, 5) is 13.0.